The van der Waals surface area contributed by atoms with E-state index in [0.717, 1.165) is 24.3 Å². The number of nitrogens with zero attached hydrogens (tertiary/aromatic N) is 2. The summed E-state index contributed by atoms with van der Waals surface area (Å²) in [5, 5.41) is 10.4. The van der Waals surface area contributed by atoms with E-state index >= 15 is 0 Å². The Morgan fingerprint density at radius 1 is 1.23 bits per heavy atom. The fraction of sp³-hybridized carbons (Fsp3) is 0.526. The van der Waals surface area contributed by atoms with E-state index in [0.29, 0.717) is 30.8 Å². The molecule has 2 aliphatic heterocycles. The van der Waals surface area contributed by atoms with E-state index in [-0.39, 0.29) is 30.2 Å². The third-order valence-electron chi connectivity index (χ3n) is 4.87. The Bertz CT molecular complexity index is 670. The lowest BCUT2D eigenvalue weighted by Gasteiger charge is -2.33. The first kappa shape index (κ1) is 18.5. The van der Waals surface area contributed by atoms with Crippen molar-refractivity contribution in [2.24, 2.45) is 5.92 Å². The standard InChI is InChI=1S/C19H24N2O5/c1-2-26-19(25)13-6-5-9-20(10-13)11-14(22)12-21-17(23)15-7-3-4-8-16(15)18(21)24/h3-4,7-8,13-14,22H,2,5-6,9-12H2,1H3/t13-,14+/m1/s1. The summed E-state index contributed by atoms with van der Waals surface area (Å²) in [7, 11) is 0. The average Bonchev–Trinajstić information content (AvgIpc) is 2.87. The number of ether oxygens (including phenoxy) is 1. The van der Waals surface area contributed by atoms with E-state index in [1.54, 1.807) is 31.2 Å². The number of benzene rings is 1. The lowest BCUT2D eigenvalue weighted by Crippen LogP contribution is -2.46. The minimum atomic E-state index is -0.863. The summed E-state index contributed by atoms with van der Waals surface area (Å²) in [5.41, 5.74) is 0.759. The Morgan fingerprint density at radius 2 is 1.88 bits per heavy atom. The molecule has 2 heterocycles. The Labute approximate surface area is 152 Å². The van der Waals surface area contributed by atoms with Crippen molar-refractivity contribution in [2.45, 2.75) is 25.9 Å². The monoisotopic (exact) mass is 360 g/mol. The Kier molecular flexibility index (Phi) is 5.68. The highest BCUT2D eigenvalue weighted by Gasteiger charge is 2.36. The van der Waals surface area contributed by atoms with Gasteiger partial charge in [0.2, 0.25) is 0 Å². The van der Waals surface area contributed by atoms with Crippen molar-refractivity contribution >= 4 is 17.8 Å². The maximum Gasteiger partial charge on any atom is 0.310 e. The van der Waals surface area contributed by atoms with Crippen LogP contribution < -0.4 is 0 Å². The van der Waals surface area contributed by atoms with E-state index in [1.807, 2.05) is 4.90 Å². The van der Waals surface area contributed by atoms with Gasteiger partial charge in [-0.15, -0.1) is 0 Å². The molecule has 1 aromatic carbocycles. The van der Waals surface area contributed by atoms with E-state index < -0.39 is 6.10 Å². The SMILES string of the molecule is CCOC(=O)[C@@H]1CCCN(C[C@H](O)CN2C(=O)c3ccccc3C2=O)C1. The smallest absolute Gasteiger partial charge is 0.310 e. The average molecular weight is 360 g/mol. The predicted octanol–water partition coefficient (Wildman–Crippen LogP) is 0.919. The Morgan fingerprint density at radius 3 is 2.50 bits per heavy atom. The van der Waals surface area contributed by atoms with Gasteiger partial charge in [0, 0.05) is 13.1 Å². The highest BCUT2D eigenvalue weighted by molar-refractivity contribution is 6.21. The second-order valence-corrected chi connectivity index (χ2v) is 6.77. The molecule has 0 radical (unpaired) electrons. The number of rotatable bonds is 6. The number of aliphatic hydroxyl groups excluding tert-OH is 1. The molecule has 1 fully saturated rings. The molecule has 0 spiro atoms. The molecule has 0 unspecified atom stereocenters. The molecular formula is C19H24N2O5. The van der Waals surface area contributed by atoms with Crippen molar-refractivity contribution in [1.29, 1.82) is 0 Å². The molecule has 7 nitrogen and oxygen atoms in total. The third-order valence-corrected chi connectivity index (χ3v) is 4.87. The summed E-state index contributed by atoms with van der Waals surface area (Å²) in [6.07, 6.45) is 0.769. The number of piperidine rings is 1. The lowest BCUT2D eigenvalue weighted by atomic mass is 9.98. The number of aliphatic hydroxyl groups is 1. The van der Waals surface area contributed by atoms with Gasteiger partial charge >= 0.3 is 5.97 Å². The highest BCUT2D eigenvalue weighted by atomic mass is 16.5. The maximum absolute atomic E-state index is 12.4. The van der Waals surface area contributed by atoms with Crippen LogP contribution in [-0.4, -0.2) is 71.6 Å². The molecule has 0 saturated carbocycles. The Balaban J connectivity index is 1.56. The molecule has 140 valence electrons. The van der Waals surface area contributed by atoms with Gasteiger partial charge in [0.1, 0.15) is 0 Å². The quantitative estimate of drug-likeness (QED) is 0.600. The van der Waals surface area contributed by atoms with Gasteiger partial charge in [-0.1, -0.05) is 12.1 Å². The number of hydrogen-bond donors (Lipinski definition) is 1. The molecule has 1 N–H and O–H groups in total. The van der Waals surface area contributed by atoms with Crippen LogP contribution in [0.25, 0.3) is 0 Å². The van der Waals surface area contributed by atoms with Crippen LogP contribution >= 0.6 is 0 Å². The number of amides is 2. The maximum atomic E-state index is 12.4. The van der Waals surface area contributed by atoms with Gasteiger partial charge in [-0.25, -0.2) is 0 Å². The minimum absolute atomic E-state index is 0.0487. The first-order chi connectivity index (χ1) is 12.5. The van der Waals surface area contributed by atoms with Gasteiger partial charge in [-0.2, -0.15) is 0 Å². The fourth-order valence-electron chi connectivity index (χ4n) is 3.65. The number of carbonyl (C=O) groups is 3. The van der Waals surface area contributed by atoms with Crippen LogP contribution in [-0.2, 0) is 9.53 Å². The number of esters is 1. The molecule has 0 bridgehead atoms. The summed E-state index contributed by atoms with van der Waals surface area (Å²) < 4.78 is 5.08. The molecule has 1 aromatic rings. The summed E-state index contributed by atoms with van der Waals surface area (Å²) in [4.78, 5) is 39.7. The molecule has 2 atom stereocenters. The van der Waals surface area contributed by atoms with Gasteiger partial charge in [0.05, 0.1) is 36.3 Å². The fourth-order valence-corrected chi connectivity index (χ4v) is 3.65. The zero-order chi connectivity index (χ0) is 18.7. The number of β-amino-alcohol motifs (C(OH)–C–C–N with tert-alkyl or cyclic N) is 1. The van der Waals surface area contributed by atoms with Crippen molar-refractivity contribution in [3.8, 4) is 0 Å². The largest absolute Gasteiger partial charge is 0.466 e. The topological polar surface area (TPSA) is 87.2 Å². The van der Waals surface area contributed by atoms with Crippen molar-refractivity contribution in [2.75, 3.05) is 32.8 Å². The summed E-state index contributed by atoms with van der Waals surface area (Å²) >= 11 is 0. The van der Waals surface area contributed by atoms with Crippen LogP contribution in [0.2, 0.25) is 0 Å². The molecular weight excluding hydrogens is 336 g/mol. The van der Waals surface area contributed by atoms with E-state index in [1.165, 1.54) is 0 Å². The number of fused-ring (bicyclic) bond motifs is 1. The van der Waals surface area contributed by atoms with Gasteiger partial charge in [-0.05, 0) is 38.4 Å². The number of imide groups is 1. The number of carbonyl (C=O) groups excluding carboxylic acids is 3. The predicted molar refractivity (Wildman–Crippen MR) is 93.6 cm³/mol. The second-order valence-electron chi connectivity index (χ2n) is 6.77. The normalized spacial score (nSPS) is 21.6. The van der Waals surface area contributed by atoms with Crippen LogP contribution in [0.1, 0.15) is 40.5 Å². The van der Waals surface area contributed by atoms with Crippen LogP contribution in [0, 0.1) is 5.92 Å². The van der Waals surface area contributed by atoms with Crippen LogP contribution in [0.15, 0.2) is 24.3 Å². The molecule has 26 heavy (non-hydrogen) atoms. The van der Waals surface area contributed by atoms with Crippen LogP contribution in [0.5, 0.6) is 0 Å². The Hall–Kier alpha value is -2.25. The zero-order valence-corrected chi connectivity index (χ0v) is 14.9. The zero-order valence-electron chi connectivity index (χ0n) is 14.9. The third kappa shape index (κ3) is 3.78. The number of likely N-dealkylation sites (tertiary alicyclic amines) is 1. The lowest BCUT2D eigenvalue weighted by molar-refractivity contribution is -0.150. The van der Waals surface area contributed by atoms with E-state index in [9.17, 15) is 19.5 Å². The van der Waals surface area contributed by atoms with E-state index in [2.05, 4.69) is 0 Å². The van der Waals surface area contributed by atoms with Gasteiger partial charge in [0.15, 0.2) is 0 Å². The van der Waals surface area contributed by atoms with Crippen LogP contribution in [0.4, 0.5) is 0 Å². The van der Waals surface area contributed by atoms with Gasteiger partial charge in [0.25, 0.3) is 11.8 Å². The molecule has 3 rings (SSSR count). The molecule has 2 aliphatic rings. The van der Waals surface area contributed by atoms with Crippen molar-refractivity contribution < 1.29 is 24.2 Å². The van der Waals surface area contributed by atoms with Gasteiger partial charge < -0.3 is 9.84 Å². The first-order valence-corrected chi connectivity index (χ1v) is 9.03. The highest BCUT2D eigenvalue weighted by Crippen LogP contribution is 2.23. The first-order valence-electron chi connectivity index (χ1n) is 9.03. The second kappa shape index (κ2) is 7.97. The summed E-state index contributed by atoms with van der Waals surface area (Å²) in [5.74, 6) is -1.12. The van der Waals surface area contributed by atoms with Crippen molar-refractivity contribution in [1.82, 2.24) is 9.80 Å². The molecule has 0 aromatic heterocycles. The van der Waals surface area contributed by atoms with Crippen molar-refractivity contribution in [3.05, 3.63) is 35.4 Å². The minimum Gasteiger partial charge on any atom is -0.466 e. The van der Waals surface area contributed by atoms with Crippen molar-refractivity contribution in [3.63, 3.8) is 0 Å². The van der Waals surface area contributed by atoms with E-state index in [4.69, 9.17) is 4.74 Å². The number of hydrogen-bond acceptors (Lipinski definition) is 6. The summed E-state index contributed by atoms with van der Waals surface area (Å²) in [6.45, 7) is 3.70. The molecule has 2 amide bonds. The molecule has 0 aliphatic carbocycles. The summed E-state index contributed by atoms with van der Waals surface area (Å²) in [6, 6.07) is 6.67. The molecule has 7 heteroatoms. The van der Waals surface area contributed by atoms with Gasteiger partial charge in [-0.3, -0.25) is 24.2 Å². The molecule has 1 saturated heterocycles. The van der Waals surface area contributed by atoms with Crippen LogP contribution in [0.3, 0.4) is 0 Å².